The molecule has 0 aromatic carbocycles. The molecule has 1 N–H and O–H groups in total. The third-order valence-corrected chi connectivity index (χ3v) is 9.91. The van der Waals surface area contributed by atoms with Crippen molar-refractivity contribution in [2.45, 2.75) is 156 Å². The molecule has 1 aliphatic carbocycles. The number of carbonyl (C=O) groups is 1. The molecule has 1 aliphatic heterocycles. The summed E-state index contributed by atoms with van der Waals surface area (Å²) in [7, 11) is 0. The second-order valence-electron chi connectivity index (χ2n) is 12.9. The maximum absolute atomic E-state index is 13.2. The lowest BCUT2D eigenvalue weighted by Crippen LogP contribution is -2.25. The maximum Gasteiger partial charge on any atom is 0.202 e. The number of anilines is 1. The van der Waals surface area contributed by atoms with E-state index in [1.54, 1.807) is 17.5 Å². The lowest BCUT2D eigenvalue weighted by atomic mass is 9.83. The molecule has 2 aliphatic rings. The topological polar surface area (TPSA) is 62.7 Å². The number of rotatable bonds is 24. The van der Waals surface area contributed by atoms with E-state index in [1.807, 2.05) is 26.0 Å². The van der Waals surface area contributed by atoms with Gasteiger partial charge in [0.25, 0.3) is 0 Å². The SMILES string of the molecule is CCCCCCCCCCCCN(CCCCCCCCCCCC)c1ncc(C2=C(O)C(=C3C=C(C)OC(C)=C3)C2=O)s1. The summed E-state index contributed by atoms with van der Waals surface area (Å²) in [4.78, 5) is 21.2. The normalized spacial score (nSPS) is 15.0. The Morgan fingerprint density at radius 3 is 1.55 bits per heavy atom. The number of unbranched alkanes of at least 4 members (excludes halogenated alkanes) is 18. The number of ketones is 1. The van der Waals surface area contributed by atoms with E-state index >= 15 is 0 Å². The summed E-state index contributed by atoms with van der Waals surface area (Å²) >= 11 is 1.54. The van der Waals surface area contributed by atoms with Crippen molar-refractivity contribution in [1.29, 1.82) is 0 Å². The van der Waals surface area contributed by atoms with Crippen molar-refractivity contribution in [3.8, 4) is 0 Å². The number of aromatic nitrogens is 1. The number of thiazole rings is 1. The molecule has 0 spiro atoms. The van der Waals surface area contributed by atoms with Crippen LogP contribution in [0, 0.1) is 0 Å². The van der Waals surface area contributed by atoms with Crippen LogP contribution in [0.2, 0.25) is 0 Å². The van der Waals surface area contributed by atoms with E-state index in [4.69, 9.17) is 9.72 Å². The number of aliphatic hydroxyl groups is 1. The number of ether oxygens (including phenoxy) is 1. The van der Waals surface area contributed by atoms with Crippen LogP contribution in [0.15, 0.2) is 46.8 Å². The molecule has 246 valence electrons. The predicted molar refractivity (Wildman–Crippen MR) is 188 cm³/mol. The number of nitrogens with zero attached hydrogens (tertiary/aromatic N) is 2. The van der Waals surface area contributed by atoms with E-state index in [-0.39, 0.29) is 11.5 Å². The number of Topliss-reactive ketones (excluding diaryl/α,β-unsaturated/α-hetero) is 1. The Bertz CT molecular complexity index is 1100. The van der Waals surface area contributed by atoms with Gasteiger partial charge in [0, 0.05) is 19.3 Å². The molecule has 0 saturated heterocycles. The summed E-state index contributed by atoms with van der Waals surface area (Å²) in [6.45, 7) is 10.3. The molecular formula is C38H60N2O3S. The number of hydrogen-bond acceptors (Lipinski definition) is 6. The van der Waals surface area contributed by atoms with E-state index in [2.05, 4.69) is 18.7 Å². The second-order valence-corrected chi connectivity index (χ2v) is 13.9. The van der Waals surface area contributed by atoms with Crippen LogP contribution >= 0.6 is 11.3 Å². The van der Waals surface area contributed by atoms with Crippen LogP contribution < -0.4 is 4.90 Å². The van der Waals surface area contributed by atoms with Gasteiger partial charge in [0.1, 0.15) is 17.3 Å². The van der Waals surface area contributed by atoms with E-state index in [0.29, 0.717) is 16.7 Å². The molecule has 0 saturated carbocycles. The van der Waals surface area contributed by atoms with Crippen LogP contribution in [0.4, 0.5) is 5.13 Å². The lowest BCUT2D eigenvalue weighted by molar-refractivity contribution is -0.111. The molecule has 1 aromatic heterocycles. The fraction of sp³-hybridized carbons (Fsp3) is 0.684. The zero-order valence-corrected chi connectivity index (χ0v) is 29.2. The number of hydrogen-bond donors (Lipinski definition) is 1. The number of aliphatic hydroxyl groups excluding tert-OH is 1. The van der Waals surface area contributed by atoms with Gasteiger partial charge in [-0.1, -0.05) is 141 Å². The first kappa shape index (κ1) is 36.1. The zero-order valence-electron chi connectivity index (χ0n) is 28.4. The summed E-state index contributed by atoms with van der Waals surface area (Å²) in [6.07, 6.45) is 32.0. The Balaban J connectivity index is 1.53. The van der Waals surface area contributed by atoms with Gasteiger partial charge in [0.05, 0.1) is 16.0 Å². The van der Waals surface area contributed by atoms with Gasteiger partial charge in [0.15, 0.2) is 5.13 Å². The maximum atomic E-state index is 13.2. The molecule has 44 heavy (non-hydrogen) atoms. The summed E-state index contributed by atoms with van der Waals surface area (Å²) in [5.74, 6) is 1.40. The largest absolute Gasteiger partial charge is 0.506 e. The highest BCUT2D eigenvalue weighted by molar-refractivity contribution is 7.17. The monoisotopic (exact) mass is 624 g/mol. The molecule has 0 unspecified atom stereocenters. The third-order valence-electron chi connectivity index (χ3n) is 8.83. The molecule has 0 bridgehead atoms. The minimum atomic E-state index is -0.112. The van der Waals surface area contributed by atoms with Crippen LogP contribution in [-0.4, -0.2) is 29.0 Å². The molecule has 1 aromatic rings. The molecule has 0 radical (unpaired) electrons. The minimum Gasteiger partial charge on any atom is -0.506 e. The zero-order chi connectivity index (χ0) is 31.6. The third kappa shape index (κ3) is 11.9. The summed E-state index contributed by atoms with van der Waals surface area (Å²) in [5, 5.41) is 11.9. The molecule has 6 heteroatoms. The van der Waals surface area contributed by atoms with E-state index < -0.39 is 0 Å². The van der Waals surface area contributed by atoms with Crippen molar-refractivity contribution in [3.63, 3.8) is 0 Å². The predicted octanol–water partition coefficient (Wildman–Crippen LogP) is 11.8. The van der Waals surface area contributed by atoms with Gasteiger partial charge in [0.2, 0.25) is 5.78 Å². The van der Waals surface area contributed by atoms with Crippen molar-refractivity contribution in [3.05, 3.63) is 51.6 Å². The number of allylic oxidation sites excluding steroid dienone is 7. The van der Waals surface area contributed by atoms with Crippen LogP contribution in [-0.2, 0) is 9.53 Å². The van der Waals surface area contributed by atoms with Crippen LogP contribution in [0.3, 0.4) is 0 Å². The summed E-state index contributed by atoms with van der Waals surface area (Å²) in [5.41, 5.74) is 1.49. The fourth-order valence-electron chi connectivity index (χ4n) is 6.25. The highest BCUT2D eigenvalue weighted by atomic mass is 32.1. The average Bonchev–Trinajstić information content (AvgIpc) is 3.46. The standard InChI is InChI=1S/C38H60N2O3S/c1-5-7-9-11-13-15-17-19-21-23-25-40(26-24-22-20-18-16-14-12-10-8-6-2)38-39-29-33(44-38)35-36(41)34(37(35)42)32-27-30(3)43-31(4)28-32/h27-29,41H,5-26H2,1-4H3. The van der Waals surface area contributed by atoms with E-state index in [0.717, 1.165) is 34.6 Å². The van der Waals surface area contributed by atoms with Crippen molar-refractivity contribution in [2.24, 2.45) is 0 Å². The van der Waals surface area contributed by atoms with Crippen LogP contribution in [0.1, 0.15) is 161 Å². The molecule has 0 fully saturated rings. The van der Waals surface area contributed by atoms with Gasteiger partial charge in [-0.3, -0.25) is 4.79 Å². The molecule has 0 amide bonds. The Labute approximate surface area is 272 Å². The first-order valence-electron chi connectivity index (χ1n) is 17.9. The Morgan fingerprint density at radius 2 is 1.11 bits per heavy atom. The second kappa shape index (κ2) is 20.6. The first-order chi connectivity index (χ1) is 21.5. The first-order valence-corrected chi connectivity index (χ1v) is 18.8. The van der Waals surface area contributed by atoms with Crippen LogP contribution in [0.5, 0.6) is 0 Å². The van der Waals surface area contributed by atoms with E-state index in [1.165, 1.54) is 128 Å². The summed E-state index contributed by atoms with van der Waals surface area (Å²) < 4.78 is 5.57. The summed E-state index contributed by atoms with van der Waals surface area (Å²) in [6, 6.07) is 0. The molecule has 5 nitrogen and oxygen atoms in total. The Kier molecular flexibility index (Phi) is 17.0. The van der Waals surface area contributed by atoms with Crippen molar-refractivity contribution < 1.29 is 14.6 Å². The van der Waals surface area contributed by atoms with Gasteiger partial charge in [-0.15, -0.1) is 0 Å². The highest BCUT2D eigenvalue weighted by Crippen LogP contribution is 2.42. The lowest BCUT2D eigenvalue weighted by Gasteiger charge is -2.24. The quantitative estimate of drug-likeness (QED) is 0.0915. The minimum absolute atomic E-state index is 0.0751. The fourth-order valence-corrected chi connectivity index (χ4v) is 7.26. The Hall–Kier alpha value is -2.34. The van der Waals surface area contributed by atoms with Gasteiger partial charge in [-0.25, -0.2) is 4.98 Å². The molecule has 0 atom stereocenters. The van der Waals surface area contributed by atoms with Gasteiger partial charge < -0.3 is 14.7 Å². The van der Waals surface area contributed by atoms with E-state index in [9.17, 15) is 9.90 Å². The highest BCUT2D eigenvalue weighted by Gasteiger charge is 2.38. The average molecular weight is 625 g/mol. The van der Waals surface area contributed by atoms with Crippen molar-refractivity contribution in [2.75, 3.05) is 18.0 Å². The van der Waals surface area contributed by atoms with Crippen molar-refractivity contribution in [1.82, 2.24) is 4.98 Å². The molecule has 2 heterocycles. The van der Waals surface area contributed by atoms with Gasteiger partial charge >= 0.3 is 0 Å². The number of carbonyl (C=O) groups excluding carboxylic acids is 1. The molecule has 3 rings (SSSR count). The van der Waals surface area contributed by atoms with Crippen molar-refractivity contribution >= 4 is 27.8 Å². The van der Waals surface area contributed by atoms with Gasteiger partial charge in [-0.05, 0) is 44.4 Å². The van der Waals surface area contributed by atoms with Gasteiger partial charge in [-0.2, -0.15) is 0 Å². The Morgan fingerprint density at radius 1 is 0.682 bits per heavy atom. The van der Waals surface area contributed by atoms with Crippen LogP contribution in [0.25, 0.3) is 5.57 Å². The smallest absolute Gasteiger partial charge is 0.202 e. The molecular weight excluding hydrogens is 564 g/mol.